The van der Waals surface area contributed by atoms with E-state index in [0.717, 1.165) is 28.6 Å². The molecule has 8 heteroatoms. The average Bonchev–Trinajstić information content (AvgIpc) is 3.28. The van der Waals surface area contributed by atoms with Gasteiger partial charge in [-0.3, -0.25) is 14.5 Å². The molecule has 3 aromatic rings. The fourth-order valence-corrected chi connectivity index (χ4v) is 3.56. The van der Waals surface area contributed by atoms with E-state index in [9.17, 15) is 4.79 Å². The van der Waals surface area contributed by atoms with E-state index in [4.69, 9.17) is 0 Å². The first-order valence-electron chi connectivity index (χ1n) is 8.52. The Morgan fingerprint density at radius 3 is 2.85 bits per heavy atom. The third-order valence-electron chi connectivity index (χ3n) is 4.87. The average molecular weight is 408 g/mol. The molecule has 2 atom stereocenters. The molecule has 144 valence electrons. The first kappa shape index (κ1) is 21.2. The second-order valence-electron chi connectivity index (χ2n) is 6.53. The van der Waals surface area contributed by atoms with E-state index < -0.39 is 0 Å². The second kappa shape index (κ2) is 9.17. The second-order valence-corrected chi connectivity index (χ2v) is 6.53. The molecule has 0 radical (unpaired) electrons. The van der Waals surface area contributed by atoms with Crippen molar-refractivity contribution < 1.29 is 4.79 Å². The number of pyridine rings is 1. The van der Waals surface area contributed by atoms with Crippen molar-refractivity contribution in [2.24, 2.45) is 13.0 Å². The molecule has 1 amide bonds. The number of aromatic nitrogens is 3. The maximum absolute atomic E-state index is 12.7. The Balaban J connectivity index is 0.00000131. The molecule has 0 spiro atoms. The predicted molar refractivity (Wildman–Crippen MR) is 110 cm³/mol. The van der Waals surface area contributed by atoms with Crippen molar-refractivity contribution in [2.45, 2.75) is 12.5 Å². The highest BCUT2D eigenvalue weighted by atomic mass is 35.5. The minimum atomic E-state index is -0.0767. The zero-order valence-electron chi connectivity index (χ0n) is 15.0. The number of carbonyl (C=O) groups excluding carboxylic acids is 1. The van der Waals surface area contributed by atoms with Crippen molar-refractivity contribution in [3.05, 3.63) is 60.0 Å². The van der Waals surface area contributed by atoms with Crippen LogP contribution in [0.5, 0.6) is 0 Å². The third kappa shape index (κ3) is 4.40. The molecule has 0 bridgehead atoms. The molecule has 4 rings (SSSR count). The number of aryl methyl sites for hydroxylation is 1. The summed E-state index contributed by atoms with van der Waals surface area (Å²) < 4.78 is 1.78. The Hall–Kier alpha value is -2.15. The Morgan fingerprint density at radius 2 is 2.07 bits per heavy atom. The van der Waals surface area contributed by atoms with Crippen LogP contribution in [0.1, 0.15) is 17.0 Å². The molecule has 0 aliphatic carbocycles. The molecule has 1 aromatic carbocycles. The smallest absolute Gasteiger partial charge is 0.225 e. The lowest BCUT2D eigenvalue weighted by molar-refractivity contribution is -0.125. The van der Waals surface area contributed by atoms with Gasteiger partial charge in [0, 0.05) is 50.4 Å². The molecule has 6 nitrogen and oxygen atoms in total. The number of nitrogens with one attached hydrogen (secondary N) is 2. The molecule has 27 heavy (non-hydrogen) atoms. The van der Waals surface area contributed by atoms with Crippen LogP contribution in [-0.4, -0.2) is 33.8 Å². The molecule has 2 N–H and O–H groups in total. The van der Waals surface area contributed by atoms with Crippen LogP contribution < -0.4 is 10.6 Å². The third-order valence-corrected chi connectivity index (χ3v) is 4.87. The maximum Gasteiger partial charge on any atom is 0.225 e. The van der Waals surface area contributed by atoms with Gasteiger partial charge in [0.15, 0.2) is 0 Å². The number of rotatable bonds is 4. The number of benzene rings is 1. The van der Waals surface area contributed by atoms with Gasteiger partial charge in [0.05, 0.1) is 17.6 Å². The SMILES string of the molecule is Cl.Cl.Cn1cc([C@H]2CNC[C@@H]2C(=O)NCc2cccc3cccnc23)cn1. The monoisotopic (exact) mass is 407 g/mol. The Labute approximate surface area is 170 Å². The maximum atomic E-state index is 12.7. The first-order valence-corrected chi connectivity index (χ1v) is 8.52. The van der Waals surface area contributed by atoms with Crippen molar-refractivity contribution in [3.8, 4) is 0 Å². The van der Waals surface area contributed by atoms with E-state index in [1.54, 1.807) is 10.9 Å². The van der Waals surface area contributed by atoms with E-state index in [1.165, 1.54) is 0 Å². The van der Waals surface area contributed by atoms with Crippen LogP contribution in [0.2, 0.25) is 0 Å². The van der Waals surface area contributed by atoms with Crippen LogP contribution in [-0.2, 0) is 18.4 Å². The summed E-state index contributed by atoms with van der Waals surface area (Å²) in [6.07, 6.45) is 5.63. The summed E-state index contributed by atoms with van der Waals surface area (Å²) in [6.45, 7) is 1.99. The van der Waals surface area contributed by atoms with Gasteiger partial charge in [-0.05, 0) is 17.2 Å². The highest BCUT2D eigenvalue weighted by molar-refractivity contribution is 5.86. The van der Waals surface area contributed by atoms with Gasteiger partial charge in [-0.1, -0.05) is 24.3 Å². The van der Waals surface area contributed by atoms with Gasteiger partial charge in [-0.25, -0.2) is 0 Å². The fraction of sp³-hybridized carbons (Fsp3) is 0.316. The van der Waals surface area contributed by atoms with Crippen LogP contribution >= 0.6 is 24.8 Å². The molecule has 3 heterocycles. The van der Waals surface area contributed by atoms with Crippen molar-refractivity contribution in [2.75, 3.05) is 13.1 Å². The molecular weight excluding hydrogens is 385 g/mol. The predicted octanol–water partition coefficient (Wildman–Crippen LogP) is 2.43. The number of fused-ring (bicyclic) bond motifs is 1. The van der Waals surface area contributed by atoms with Gasteiger partial charge in [0.1, 0.15) is 0 Å². The van der Waals surface area contributed by atoms with Crippen LogP contribution in [0.3, 0.4) is 0 Å². The number of hydrogen-bond donors (Lipinski definition) is 2. The van der Waals surface area contributed by atoms with Gasteiger partial charge in [-0.15, -0.1) is 24.8 Å². The zero-order chi connectivity index (χ0) is 17.2. The number of halogens is 2. The standard InChI is InChI=1S/C19H21N5O.2ClH/c1-24-12-15(9-23-24)16-10-20-11-17(16)19(25)22-8-14-5-2-4-13-6-3-7-21-18(13)14;;/h2-7,9,12,16-17,20H,8,10-11H2,1H3,(H,22,25);2*1H/t16-,17+;;/m1../s1. The van der Waals surface area contributed by atoms with Gasteiger partial charge in [-0.2, -0.15) is 5.10 Å². The van der Waals surface area contributed by atoms with Crippen molar-refractivity contribution >= 4 is 41.6 Å². The largest absolute Gasteiger partial charge is 0.352 e. The van der Waals surface area contributed by atoms with Crippen molar-refractivity contribution in [3.63, 3.8) is 0 Å². The summed E-state index contributed by atoms with van der Waals surface area (Å²) in [7, 11) is 1.90. The Kier molecular flexibility index (Phi) is 7.18. The van der Waals surface area contributed by atoms with Crippen molar-refractivity contribution in [1.29, 1.82) is 0 Å². The van der Waals surface area contributed by atoms with Gasteiger partial charge >= 0.3 is 0 Å². The van der Waals surface area contributed by atoms with Gasteiger partial charge < -0.3 is 10.6 Å². The Morgan fingerprint density at radius 1 is 1.26 bits per heavy atom. The number of carbonyl (C=O) groups is 1. The summed E-state index contributed by atoms with van der Waals surface area (Å²) in [6, 6.07) is 10.0. The van der Waals surface area contributed by atoms with Gasteiger partial charge in [0.25, 0.3) is 0 Å². The van der Waals surface area contributed by atoms with Crippen LogP contribution in [0.25, 0.3) is 10.9 Å². The summed E-state index contributed by atoms with van der Waals surface area (Å²) in [5.74, 6) is 0.165. The van der Waals surface area contributed by atoms with Crippen LogP contribution in [0, 0.1) is 5.92 Å². The zero-order valence-corrected chi connectivity index (χ0v) is 16.6. The lowest BCUT2D eigenvalue weighted by Crippen LogP contribution is -2.34. The first-order chi connectivity index (χ1) is 12.2. The van der Waals surface area contributed by atoms with E-state index in [2.05, 4.69) is 20.7 Å². The quantitative estimate of drug-likeness (QED) is 0.696. The highest BCUT2D eigenvalue weighted by Gasteiger charge is 2.34. The summed E-state index contributed by atoms with van der Waals surface area (Å²) in [5.41, 5.74) is 3.09. The summed E-state index contributed by atoms with van der Waals surface area (Å²) in [4.78, 5) is 17.2. The number of amides is 1. The lowest BCUT2D eigenvalue weighted by atomic mass is 9.90. The van der Waals surface area contributed by atoms with Crippen molar-refractivity contribution in [1.82, 2.24) is 25.4 Å². The summed E-state index contributed by atoms with van der Waals surface area (Å²) in [5, 5.41) is 11.7. The molecule has 1 saturated heterocycles. The normalized spacial score (nSPS) is 18.6. The van der Waals surface area contributed by atoms with E-state index in [-0.39, 0.29) is 42.6 Å². The molecule has 1 fully saturated rings. The minimum Gasteiger partial charge on any atom is -0.352 e. The van der Waals surface area contributed by atoms with Gasteiger partial charge in [0.2, 0.25) is 5.91 Å². The van der Waals surface area contributed by atoms with Crippen LogP contribution in [0.15, 0.2) is 48.9 Å². The molecule has 2 aromatic heterocycles. The number of hydrogen-bond acceptors (Lipinski definition) is 4. The molecule has 1 aliphatic rings. The molecule has 1 aliphatic heterocycles. The van der Waals surface area contributed by atoms with E-state index >= 15 is 0 Å². The van der Waals surface area contributed by atoms with Crippen LogP contribution in [0.4, 0.5) is 0 Å². The lowest BCUT2D eigenvalue weighted by Gasteiger charge is -2.17. The fourth-order valence-electron chi connectivity index (χ4n) is 3.56. The molecular formula is C19H23Cl2N5O. The number of nitrogens with zero attached hydrogens (tertiary/aromatic N) is 3. The highest BCUT2D eigenvalue weighted by Crippen LogP contribution is 2.28. The molecule has 0 saturated carbocycles. The minimum absolute atomic E-state index is 0. The molecule has 0 unspecified atom stereocenters. The topological polar surface area (TPSA) is 71.8 Å². The van der Waals surface area contributed by atoms with E-state index in [0.29, 0.717) is 13.1 Å². The number of para-hydroxylation sites is 1. The summed E-state index contributed by atoms with van der Waals surface area (Å²) >= 11 is 0. The van der Waals surface area contributed by atoms with E-state index in [1.807, 2.05) is 49.8 Å². The Bertz CT molecular complexity index is 909.